The highest BCUT2D eigenvalue weighted by Crippen LogP contribution is 2.25. The van der Waals surface area contributed by atoms with Crippen LogP contribution >= 0.6 is 0 Å². The van der Waals surface area contributed by atoms with Gasteiger partial charge in [0.25, 0.3) is 0 Å². The third-order valence-corrected chi connectivity index (χ3v) is 15.8. The number of hydrogen-bond acceptors (Lipinski definition) is 0. The van der Waals surface area contributed by atoms with E-state index in [0.29, 0.717) is 0 Å². The first-order valence-electron chi connectivity index (χ1n) is 10.0. The molecule has 0 amide bonds. The SMILES string of the molecule is CC(C)(c1ccccc1)[I+](C(C)(C)c1ccccc1)C(C)(C)c1ccccc1. The van der Waals surface area contributed by atoms with Crippen LogP contribution in [0.4, 0.5) is 0 Å². The normalized spacial score (nSPS) is 13.0. The molecule has 1 heteroatoms. The molecule has 3 aromatic carbocycles. The Labute approximate surface area is 178 Å². The Morgan fingerprint density at radius 3 is 0.821 bits per heavy atom. The first-order valence-corrected chi connectivity index (χ1v) is 13.3. The summed E-state index contributed by atoms with van der Waals surface area (Å²) >= 11 is -1.79. The highest BCUT2D eigenvalue weighted by atomic mass is 127. The average Bonchev–Trinajstić information content (AvgIpc) is 2.69. The topological polar surface area (TPSA) is 0 Å². The molecule has 0 saturated heterocycles. The van der Waals surface area contributed by atoms with Crippen molar-refractivity contribution < 1.29 is 19.8 Å². The molecular formula is C27H33I+. The van der Waals surface area contributed by atoms with E-state index in [1.165, 1.54) is 16.7 Å². The molecule has 147 valence electrons. The minimum absolute atomic E-state index is 0.143. The molecule has 3 aromatic rings. The second kappa shape index (κ2) is 8.02. The van der Waals surface area contributed by atoms with Crippen molar-refractivity contribution in [3.05, 3.63) is 108 Å². The Morgan fingerprint density at radius 2 is 0.607 bits per heavy atom. The molecule has 0 spiro atoms. The smallest absolute Gasteiger partial charge is 0.0622 e. The van der Waals surface area contributed by atoms with E-state index in [1.54, 1.807) is 0 Å². The minimum Gasteiger partial charge on any atom is -0.0622 e. The lowest BCUT2D eigenvalue weighted by Gasteiger charge is -2.43. The van der Waals surface area contributed by atoms with Gasteiger partial charge in [0.05, 0.1) is 19.8 Å². The Morgan fingerprint density at radius 1 is 0.393 bits per heavy atom. The minimum atomic E-state index is -1.79. The van der Waals surface area contributed by atoms with Gasteiger partial charge in [0.15, 0.2) is 0 Å². The summed E-state index contributed by atoms with van der Waals surface area (Å²) in [7, 11) is 0. The van der Waals surface area contributed by atoms with Gasteiger partial charge in [-0.15, -0.1) is 0 Å². The van der Waals surface area contributed by atoms with E-state index in [1.807, 2.05) is 0 Å². The predicted octanol–water partition coefficient (Wildman–Crippen LogP) is 4.42. The molecule has 0 atom stereocenters. The van der Waals surface area contributed by atoms with E-state index in [9.17, 15) is 0 Å². The van der Waals surface area contributed by atoms with E-state index in [-0.39, 0.29) is 10.3 Å². The van der Waals surface area contributed by atoms with Crippen molar-refractivity contribution >= 4 is 0 Å². The zero-order valence-electron chi connectivity index (χ0n) is 18.0. The first kappa shape index (κ1) is 21.1. The summed E-state index contributed by atoms with van der Waals surface area (Å²) in [4.78, 5) is 0. The molecule has 0 unspecified atom stereocenters. The van der Waals surface area contributed by atoms with Crippen molar-refractivity contribution in [2.45, 2.75) is 51.8 Å². The molecule has 28 heavy (non-hydrogen) atoms. The molecule has 0 aliphatic carbocycles. The van der Waals surface area contributed by atoms with Crippen LogP contribution in [0.5, 0.6) is 0 Å². The lowest BCUT2D eigenvalue weighted by Crippen LogP contribution is -3.96. The van der Waals surface area contributed by atoms with Crippen LogP contribution in [0.15, 0.2) is 91.0 Å². The van der Waals surface area contributed by atoms with Crippen LogP contribution in [-0.4, -0.2) is 0 Å². The van der Waals surface area contributed by atoms with E-state index in [4.69, 9.17) is 0 Å². The van der Waals surface area contributed by atoms with Gasteiger partial charge in [-0.3, -0.25) is 0 Å². The van der Waals surface area contributed by atoms with Crippen molar-refractivity contribution in [2.24, 2.45) is 0 Å². The molecule has 3 rings (SSSR count). The van der Waals surface area contributed by atoms with Crippen molar-refractivity contribution in [3.8, 4) is 0 Å². The lowest BCUT2D eigenvalue weighted by molar-refractivity contribution is -1.06. The fourth-order valence-electron chi connectivity index (χ4n) is 4.60. The maximum Gasteiger partial charge on any atom is 0.145 e. The van der Waals surface area contributed by atoms with Gasteiger partial charge in [-0.1, -0.05) is 91.0 Å². The Hall–Kier alpha value is -1.61. The molecule has 0 fully saturated rings. The van der Waals surface area contributed by atoms with E-state index < -0.39 is 19.8 Å². The van der Waals surface area contributed by atoms with Gasteiger partial charge in [0.1, 0.15) is 10.3 Å². The summed E-state index contributed by atoms with van der Waals surface area (Å²) in [5.41, 5.74) is 4.40. The molecule has 0 aromatic heterocycles. The number of halogens is 1. The molecule has 0 aliphatic heterocycles. The maximum atomic E-state index is 2.49. The molecular weight excluding hydrogens is 451 g/mol. The molecule has 0 bridgehead atoms. The summed E-state index contributed by atoms with van der Waals surface area (Å²) in [6.45, 7) is 14.9. The van der Waals surface area contributed by atoms with Gasteiger partial charge >= 0.3 is 0 Å². The van der Waals surface area contributed by atoms with Gasteiger partial charge in [-0.05, 0) is 41.5 Å². The fraction of sp³-hybridized carbons (Fsp3) is 0.333. The first-order chi connectivity index (χ1) is 13.2. The third kappa shape index (κ3) is 3.91. The Bertz CT molecular complexity index is 755. The molecule has 0 heterocycles. The highest BCUT2D eigenvalue weighted by molar-refractivity contribution is 5.26. The van der Waals surface area contributed by atoms with Gasteiger partial charge < -0.3 is 0 Å². The third-order valence-electron chi connectivity index (χ3n) is 5.80. The van der Waals surface area contributed by atoms with Crippen LogP contribution in [-0.2, 0) is 10.3 Å². The number of hydrogen-bond donors (Lipinski definition) is 0. The maximum absolute atomic E-state index is 2.49. The van der Waals surface area contributed by atoms with Crippen molar-refractivity contribution in [2.75, 3.05) is 0 Å². The summed E-state index contributed by atoms with van der Waals surface area (Å²) < 4.78 is 0.428. The zero-order chi connectivity index (χ0) is 20.4. The van der Waals surface area contributed by atoms with Crippen LogP contribution in [0, 0.1) is 0 Å². The number of benzene rings is 3. The van der Waals surface area contributed by atoms with Gasteiger partial charge in [-0.2, -0.15) is 0 Å². The van der Waals surface area contributed by atoms with Gasteiger partial charge in [-0.25, -0.2) is 0 Å². The van der Waals surface area contributed by atoms with E-state index >= 15 is 0 Å². The second-order valence-corrected chi connectivity index (χ2v) is 18.5. The predicted molar refractivity (Wildman–Crippen MR) is 118 cm³/mol. The van der Waals surface area contributed by atoms with Crippen LogP contribution < -0.4 is 19.8 Å². The molecule has 1 radical (unpaired) electrons. The molecule has 0 nitrogen and oxygen atoms in total. The number of rotatable bonds is 6. The van der Waals surface area contributed by atoms with Crippen LogP contribution in [0.25, 0.3) is 0 Å². The van der Waals surface area contributed by atoms with Crippen molar-refractivity contribution in [3.63, 3.8) is 0 Å². The van der Waals surface area contributed by atoms with Gasteiger partial charge in [0, 0.05) is 16.7 Å². The van der Waals surface area contributed by atoms with Crippen LogP contribution in [0.1, 0.15) is 58.2 Å². The Balaban J connectivity index is 2.23. The molecule has 0 saturated carbocycles. The lowest BCUT2D eigenvalue weighted by atomic mass is 10.0. The van der Waals surface area contributed by atoms with Crippen molar-refractivity contribution in [1.82, 2.24) is 0 Å². The zero-order valence-corrected chi connectivity index (χ0v) is 20.2. The number of alkyl halides is 3. The van der Waals surface area contributed by atoms with E-state index in [2.05, 4.69) is 133 Å². The Kier molecular flexibility index (Phi) is 6.05. The average molecular weight is 484 g/mol. The second-order valence-electron chi connectivity index (χ2n) is 8.80. The summed E-state index contributed by atoms with van der Waals surface area (Å²) in [6.07, 6.45) is 0. The molecule has 0 aliphatic rings. The molecule has 0 N–H and O–H groups in total. The van der Waals surface area contributed by atoms with E-state index in [0.717, 1.165) is 0 Å². The quantitative estimate of drug-likeness (QED) is 0.359. The summed E-state index contributed by atoms with van der Waals surface area (Å²) in [5, 5.41) is 0. The van der Waals surface area contributed by atoms with Crippen LogP contribution in [0.2, 0.25) is 0 Å². The van der Waals surface area contributed by atoms with Gasteiger partial charge in [0.2, 0.25) is 0 Å². The fourth-order valence-corrected chi connectivity index (χ4v) is 17.7. The summed E-state index contributed by atoms with van der Waals surface area (Å²) in [5.74, 6) is 0. The monoisotopic (exact) mass is 484 g/mol. The van der Waals surface area contributed by atoms with Crippen molar-refractivity contribution in [1.29, 1.82) is 0 Å². The van der Waals surface area contributed by atoms with Crippen LogP contribution in [0.3, 0.4) is 0 Å². The standard InChI is InChI=1S/C27H33I/c1-25(2,22-16-10-7-11-17-22)28(26(3,4)23-18-12-8-13-19-23)27(5,6)24-20-14-9-15-21-24/h7-21H,1-6H3/q+1. The largest absolute Gasteiger partial charge is 0.145 e. The highest BCUT2D eigenvalue weighted by Gasteiger charge is 2.61. The summed E-state index contributed by atoms with van der Waals surface area (Å²) in [6, 6.07) is 33.5.